The van der Waals surface area contributed by atoms with Crippen molar-refractivity contribution >= 4 is 17.6 Å². The van der Waals surface area contributed by atoms with E-state index in [1.165, 1.54) is 0 Å². The topological polar surface area (TPSA) is 37.8 Å². The number of aromatic nitrogens is 2. The van der Waals surface area contributed by atoms with E-state index in [1.807, 2.05) is 12.3 Å². The van der Waals surface area contributed by atoms with Gasteiger partial charge < -0.3 is 5.32 Å². The molecule has 88 valence electrons. The van der Waals surface area contributed by atoms with E-state index in [1.54, 1.807) is 18.1 Å². The SMILES string of the molecule is CSc1cc(NC2C(C)(C)C2(C)C)ncn1. The van der Waals surface area contributed by atoms with Crippen molar-refractivity contribution in [3.63, 3.8) is 0 Å². The van der Waals surface area contributed by atoms with Crippen LogP contribution >= 0.6 is 11.8 Å². The molecule has 0 unspecified atom stereocenters. The molecule has 0 aromatic carbocycles. The average molecular weight is 237 g/mol. The van der Waals surface area contributed by atoms with Gasteiger partial charge in [0, 0.05) is 12.1 Å². The molecule has 1 fully saturated rings. The summed E-state index contributed by atoms with van der Waals surface area (Å²) in [4.78, 5) is 8.43. The van der Waals surface area contributed by atoms with Gasteiger partial charge in [-0.15, -0.1) is 11.8 Å². The summed E-state index contributed by atoms with van der Waals surface area (Å²) in [6, 6.07) is 2.50. The summed E-state index contributed by atoms with van der Waals surface area (Å²) < 4.78 is 0. The highest BCUT2D eigenvalue weighted by Gasteiger charge is 2.65. The fraction of sp³-hybridized carbons (Fsp3) is 0.667. The maximum absolute atomic E-state index is 4.26. The van der Waals surface area contributed by atoms with Gasteiger partial charge in [-0.05, 0) is 17.1 Å². The Bertz CT molecular complexity index is 387. The van der Waals surface area contributed by atoms with E-state index >= 15 is 0 Å². The highest BCUT2D eigenvalue weighted by atomic mass is 32.2. The van der Waals surface area contributed by atoms with Crippen LogP contribution in [0.2, 0.25) is 0 Å². The third-order valence-electron chi connectivity index (χ3n) is 4.16. The van der Waals surface area contributed by atoms with Gasteiger partial charge in [0.25, 0.3) is 0 Å². The zero-order valence-electron chi connectivity index (χ0n) is 10.5. The standard InChI is InChI=1S/C12H19N3S/c1-11(2)10(12(11,3)4)15-8-6-9(16-5)14-7-13-8/h6-7,10H,1-5H3,(H,13,14,15). The molecule has 0 aliphatic heterocycles. The Morgan fingerprint density at radius 1 is 1.19 bits per heavy atom. The molecule has 0 radical (unpaired) electrons. The van der Waals surface area contributed by atoms with Gasteiger partial charge in [-0.1, -0.05) is 27.7 Å². The van der Waals surface area contributed by atoms with Crippen LogP contribution in [-0.2, 0) is 0 Å². The van der Waals surface area contributed by atoms with E-state index in [-0.39, 0.29) is 0 Å². The summed E-state index contributed by atoms with van der Waals surface area (Å²) in [5, 5.41) is 4.51. The summed E-state index contributed by atoms with van der Waals surface area (Å²) in [6.07, 6.45) is 3.65. The molecule has 1 N–H and O–H groups in total. The van der Waals surface area contributed by atoms with Gasteiger partial charge in [0.1, 0.15) is 17.2 Å². The van der Waals surface area contributed by atoms with E-state index in [0.29, 0.717) is 16.9 Å². The summed E-state index contributed by atoms with van der Waals surface area (Å²) in [7, 11) is 0. The van der Waals surface area contributed by atoms with Crippen LogP contribution in [0.3, 0.4) is 0 Å². The predicted molar refractivity (Wildman–Crippen MR) is 68.8 cm³/mol. The summed E-state index contributed by atoms with van der Waals surface area (Å²) >= 11 is 1.64. The van der Waals surface area contributed by atoms with E-state index in [4.69, 9.17) is 0 Å². The van der Waals surface area contributed by atoms with E-state index < -0.39 is 0 Å². The number of nitrogens with zero attached hydrogens (tertiary/aromatic N) is 2. The molecule has 1 aliphatic carbocycles. The molecule has 0 atom stereocenters. The number of rotatable bonds is 3. The van der Waals surface area contributed by atoms with Gasteiger partial charge in [0.15, 0.2) is 0 Å². The normalized spacial score (nSPS) is 21.8. The average Bonchev–Trinajstić information content (AvgIpc) is 2.61. The van der Waals surface area contributed by atoms with Crippen LogP contribution in [0, 0.1) is 10.8 Å². The molecule has 0 saturated heterocycles. The molecule has 1 heterocycles. The molecule has 2 rings (SSSR count). The lowest BCUT2D eigenvalue weighted by Crippen LogP contribution is -2.11. The molecular weight excluding hydrogens is 218 g/mol. The lowest BCUT2D eigenvalue weighted by Gasteiger charge is -2.07. The van der Waals surface area contributed by atoms with Crippen molar-refractivity contribution in [1.29, 1.82) is 0 Å². The maximum Gasteiger partial charge on any atom is 0.130 e. The van der Waals surface area contributed by atoms with Crippen molar-refractivity contribution in [3.8, 4) is 0 Å². The number of thioether (sulfide) groups is 1. The first-order valence-electron chi connectivity index (χ1n) is 5.52. The first-order chi connectivity index (χ1) is 7.39. The van der Waals surface area contributed by atoms with E-state index in [0.717, 1.165) is 10.8 Å². The van der Waals surface area contributed by atoms with E-state index in [9.17, 15) is 0 Å². The second kappa shape index (κ2) is 3.62. The zero-order valence-corrected chi connectivity index (χ0v) is 11.4. The summed E-state index contributed by atoms with van der Waals surface area (Å²) in [5.41, 5.74) is 0.662. The lowest BCUT2D eigenvalue weighted by molar-refractivity contribution is 0.457. The number of hydrogen-bond acceptors (Lipinski definition) is 4. The third-order valence-corrected chi connectivity index (χ3v) is 4.81. The first kappa shape index (κ1) is 11.7. The van der Waals surface area contributed by atoms with Crippen LogP contribution in [0.5, 0.6) is 0 Å². The smallest absolute Gasteiger partial charge is 0.130 e. The van der Waals surface area contributed by atoms with Crippen molar-refractivity contribution in [2.24, 2.45) is 10.8 Å². The zero-order chi connectivity index (χ0) is 12.0. The second-order valence-corrected chi connectivity index (χ2v) is 6.29. The minimum atomic E-state index is 0.331. The van der Waals surface area contributed by atoms with Gasteiger partial charge in [0.05, 0.1) is 0 Å². The first-order valence-corrected chi connectivity index (χ1v) is 6.74. The molecule has 4 heteroatoms. The van der Waals surface area contributed by atoms with Crippen LogP contribution in [-0.4, -0.2) is 22.3 Å². The lowest BCUT2D eigenvalue weighted by atomic mass is 10.0. The Hall–Kier alpha value is -0.770. The van der Waals surface area contributed by atoms with Gasteiger partial charge in [-0.3, -0.25) is 0 Å². The van der Waals surface area contributed by atoms with Gasteiger partial charge in [-0.25, -0.2) is 9.97 Å². The van der Waals surface area contributed by atoms with Crippen LogP contribution in [0.1, 0.15) is 27.7 Å². The van der Waals surface area contributed by atoms with Crippen molar-refractivity contribution in [1.82, 2.24) is 9.97 Å². The molecule has 1 aromatic heterocycles. The molecule has 3 nitrogen and oxygen atoms in total. The van der Waals surface area contributed by atoms with Crippen LogP contribution < -0.4 is 5.32 Å². The highest BCUT2D eigenvalue weighted by Crippen LogP contribution is 2.63. The van der Waals surface area contributed by atoms with Crippen LogP contribution in [0.15, 0.2) is 17.4 Å². The molecular formula is C12H19N3S. The molecule has 1 aliphatic rings. The molecule has 1 saturated carbocycles. The molecule has 1 aromatic rings. The van der Waals surface area contributed by atoms with E-state index in [2.05, 4.69) is 43.0 Å². The molecule has 0 bridgehead atoms. The van der Waals surface area contributed by atoms with Gasteiger partial charge in [0.2, 0.25) is 0 Å². The summed E-state index contributed by atoms with van der Waals surface area (Å²) in [5.74, 6) is 0.933. The molecule has 0 spiro atoms. The van der Waals surface area contributed by atoms with Crippen molar-refractivity contribution in [2.75, 3.05) is 11.6 Å². The number of nitrogens with one attached hydrogen (secondary N) is 1. The molecule has 0 amide bonds. The summed E-state index contributed by atoms with van der Waals surface area (Å²) in [6.45, 7) is 9.17. The fourth-order valence-corrected chi connectivity index (χ4v) is 2.62. The Morgan fingerprint density at radius 3 is 2.31 bits per heavy atom. The fourth-order valence-electron chi connectivity index (χ4n) is 2.24. The maximum atomic E-state index is 4.26. The quantitative estimate of drug-likeness (QED) is 0.647. The number of hydrogen-bond donors (Lipinski definition) is 1. The van der Waals surface area contributed by atoms with Crippen LogP contribution in [0.4, 0.5) is 5.82 Å². The number of anilines is 1. The van der Waals surface area contributed by atoms with Crippen LogP contribution in [0.25, 0.3) is 0 Å². The van der Waals surface area contributed by atoms with Crippen molar-refractivity contribution in [3.05, 3.63) is 12.4 Å². The van der Waals surface area contributed by atoms with Gasteiger partial charge in [-0.2, -0.15) is 0 Å². The second-order valence-electron chi connectivity index (χ2n) is 5.47. The minimum absolute atomic E-state index is 0.331. The Balaban J connectivity index is 2.12. The monoisotopic (exact) mass is 237 g/mol. The van der Waals surface area contributed by atoms with Gasteiger partial charge >= 0.3 is 0 Å². The van der Waals surface area contributed by atoms with Crippen molar-refractivity contribution in [2.45, 2.75) is 38.8 Å². The third kappa shape index (κ3) is 1.69. The Morgan fingerprint density at radius 2 is 1.81 bits per heavy atom. The Kier molecular flexibility index (Phi) is 2.65. The minimum Gasteiger partial charge on any atom is -0.366 e. The largest absolute Gasteiger partial charge is 0.366 e. The molecule has 16 heavy (non-hydrogen) atoms. The predicted octanol–water partition coefficient (Wildman–Crippen LogP) is 3.05. The highest BCUT2D eigenvalue weighted by molar-refractivity contribution is 7.98. The van der Waals surface area contributed by atoms with Crippen molar-refractivity contribution < 1.29 is 0 Å². The Labute approximate surface area is 101 Å².